The van der Waals surface area contributed by atoms with Crippen molar-refractivity contribution in [3.05, 3.63) is 5.82 Å². The highest BCUT2D eigenvalue weighted by Gasteiger charge is 2.32. The molecule has 0 aliphatic rings. The van der Waals surface area contributed by atoms with Gasteiger partial charge in [0.15, 0.2) is 5.82 Å². The zero-order chi connectivity index (χ0) is 13.8. The van der Waals surface area contributed by atoms with Gasteiger partial charge in [-0.1, -0.05) is 13.8 Å². The van der Waals surface area contributed by atoms with E-state index in [4.69, 9.17) is 0 Å². The van der Waals surface area contributed by atoms with Crippen LogP contribution >= 0.6 is 0 Å². The van der Waals surface area contributed by atoms with E-state index in [0.29, 0.717) is 18.3 Å². The van der Waals surface area contributed by atoms with Crippen LogP contribution in [0.15, 0.2) is 0 Å². The van der Waals surface area contributed by atoms with Crippen molar-refractivity contribution in [2.45, 2.75) is 46.0 Å². The van der Waals surface area contributed by atoms with Crippen molar-refractivity contribution >= 4 is 0 Å². The lowest BCUT2D eigenvalue weighted by Crippen LogP contribution is -2.24. The Hall–Kier alpha value is -1.18. The molecule has 0 saturated carbocycles. The van der Waals surface area contributed by atoms with Gasteiger partial charge in [-0.25, -0.2) is 4.68 Å². The summed E-state index contributed by atoms with van der Waals surface area (Å²) < 4.78 is 38.1. The average Bonchev–Trinajstić information content (AvgIpc) is 2.62. The molecule has 104 valence electrons. The number of halogens is 3. The van der Waals surface area contributed by atoms with Crippen molar-refractivity contribution in [3.63, 3.8) is 0 Å². The minimum absolute atomic E-state index is 0.368. The van der Waals surface area contributed by atoms with Crippen molar-refractivity contribution in [2.75, 3.05) is 6.54 Å². The fourth-order valence-electron chi connectivity index (χ4n) is 1.57. The summed E-state index contributed by atoms with van der Waals surface area (Å²) >= 11 is 0. The van der Waals surface area contributed by atoms with Crippen LogP contribution in [0.1, 0.15) is 39.1 Å². The number of nitrogens with one attached hydrogen (secondary N) is 1. The summed E-state index contributed by atoms with van der Waals surface area (Å²) in [6, 6.07) is -0.796. The van der Waals surface area contributed by atoms with E-state index in [0.717, 1.165) is 6.54 Å². The van der Waals surface area contributed by atoms with Gasteiger partial charge < -0.3 is 5.32 Å². The van der Waals surface area contributed by atoms with Gasteiger partial charge in [-0.3, -0.25) is 0 Å². The quantitative estimate of drug-likeness (QED) is 0.854. The van der Waals surface area contributed by atoms with Gasteiger partial charge >= 0.3 is 6.18 Å². The van der Waals surface area contributed by atoms with Crippen LogP contribution in [0.25, 0.3) is 0 Å². The lowest BCUT2D eigenvalue weighted by atomic mass is 10.2. The molecule has 0 amide bonds. The molecule has 5 nitrogen and oxygen atoms in total. The molecule has 0 fully saturated rings. The molecule has 1 unspecified atom stereocenters. The second-order valence-corrected chi connectivity index (χ2v) is 4.73. The Morgan fingerprint density at radius 3 is 2.50 bits per heavy atom. The first kappa shape index (κ1) is 14.9. The van der Waals surface area contributed by atoms with Crippen LogP contribution in [0.2, 0.25) is 0 Å². The Kier molecular flexibility index (Phi) is 5.06. The van der Waals surface area contributed by atoms with Crippen LogP contribution in [0.4, 0.5) is 13.2 Å². The molecule has 8 heteroatoms. The maximum atomic E-state index is 12.3. The van der Waals surface area contributed by atoms with Crippen molar-refractivity contribution in [2.24, 2.45) is 5.92 Å². The first-order valence-electron chi connectivity index (χ1n) is 5.84. The Morgan fingerprint density at radius 1 is 1.28 bits per heavy atom. The highest BCUT2D eigenvalue weighted by molar-refractivity contribution is 4.83. The lowest BCUT2D eigenvalue weighted by Gasteiger charge is -2.15. The molecule has 1 aromatic rings. The average molecular weight is 265 g/mol. The molecule has 0 radical (unpaired) electrons. The zero-order valence-electron chi connectivity index (χ0n) is 10.7. The largest absolute Gasteiger partial charge is 0.391 e. The van der Waals surface area contributed by atoms with Gasteiger partial charge in [0.1, 0.15) is 0 Å². The van der Waals surface area contributed by atoms with Crippen LogP contribution in [0.3, 0.4) is 0 Å². The molecule has 1 rings (SSSR count). The normalized spacial score (nSPS) is 14.2. The van der Waals surface area contributed by atoms with E-state index in [1.807, 2.05) is 13.8 Å². The fraction of sp³-hybridized carbons (Fsp3) is 0.900. The van der Waals surface area contributed by atoms with Gasteiger partial charge in [0.2, 0.25) is 0 Å². The van der Waals surface area contributed by atoms with Crippen molar-refractivity contribution in [1.29, 1.82) is 0 Å². The van der Waals surface area contributed by atoms with E-state index in [2.05, 4.69) is 20.8 Å². The van der Waals surface area contributed by atoms with E-state index in [1.54, 1.807) is 0 Å². The Bertz CT molecular complexity index is 361. The third-order valence-electron chi connectivity index (χ3n) is 2.34. The Labute approximate surface area is 104 Å². The highest BCUT2D eigenvalue weighted by atomic mass is 19.4. The SMILES string of the molecule is CC(C)CNCc1nnnn1C(C)CC(F)(F)F. The minimum atomic E-state index is -4.21. The molecule has 0 aliphatic heterocycles. The van der Waals surface area contributed by atoms with Gasteiger partial charge in [0.25, 0.3) is 0 Å². The highest BCUT2D eigenvalue weighted by Crippen LogP contribution is 2.27. The van der Waals surface area contributed by atoms with Gasteiger partial charge in [-0.15, -0.1) is 5.10 Å². The summed E-state index contributed by atoms with van der Waals surface area (Å²) in [6.45, 7) is 6.67. The molecular weight excluding hydrogens is 247 g/mol. The molecular formula is C10H18F3N5. The predicted molar refractivity (Wildman–Crippen MR) is 59.7 cm³/mol. The summed E-state index contributed by atoms with van der Waals surface area (Å²) in [6.07, 6.45) is -5.15. The molecule has 0 aliphatic carbocycles. The standard InChI is InChI=1S/C10H18F3N5/c1-7(2)5-14-6-9-15-16-17-18(9)8(3)4-10(11,12)13/h7-8,14H,4-6H2,1-3H3. The molecule has 1 heterocycles. The molecule has 0 saturated heterocycles. The molecule has 0 aromatic carbocycles. The van der Waals surface area contributed by atoms with Crippen LogP contribution in [0, 0.1) is 5.92 Å². The number of rotatable bonds is 6. The molecule has 1 aromatic heterocycles. The lowest BCUT2D eigenvalue weighted by molar-refractivity contribution is -0.142. The van der Waals surface area contributed by atoms with E-state index in [-0.39, 0.29) is 0 Å². The van der Waals surface area contributed by atoms with E-state index >= 15 is 0 Å². The van der Waals surface area contributed by atoms with E-state index < -0.39 is 18.6 Å². The van der Waals surface area contributed by atoms with Gasteiger partial charge in [0.05, 0.1) is 19.0 Å². The van der Waals surface area contributed by atoms with E-state index in [9.17, 15) is 13.2 Å². The minimum Gasteiger partial charge on any atom is -0.310 e. The summed E-state index contributed by atoms with van der Waals surface area (Å²) in [4.78, 5) is 0. The molecule has 0 spiro atoms. The number of aromatic nitrogens is 4. The number of alkyl halides is 3. The Balaban J connectivity index is 2.58. The van der Waals surface area contributed by atoms with Crippen LogP contribution in [0.5, 0.6) is 0 Å². The molecule has 1 N–H and O–H groups in total. The smallest absolute Gasteiger partial charge is 0.310 e. The topological polar surface area (TPSA) is 55.6 Å². The van der Waals surface area contributed by atoms with Gasteiger partial charge in [-0.05, 0) is 29.8 Å². The summed E-state index contributed by atoms with van der Waals surface area (Å²) in [7, 11) is 0. The monoisotopic (exact) mass is 265 g/mol. The summed E-state index contributed by atoms with van der Waals surface area (Å²) in [5.74, 6) is 0.884. The third-order valence-corrected chi connectivity index (χ3v) is 2.34. The molecule has 1 atom stereocenters. The maximum Gasteiger partial charge on any atom is 0.391 e. The first-order valence-corrected chi connectivity index (χ1v) is 5.84. The predicted octanol–water partition coefficient (Wildman–Crippen LogP) is 1.93. The molecule has 0 bridgehead atoms. The third kappa shape index (κ3) is 4.99. The van der Waals surface area contributed by atoms with Crippen LogP contribution < -0.4 is 5.32 Å². The number of tetrazole rings is 1. The Morgan fingerprint density at radius 2 is 1.94 bits per heavy atom. The van der Waals surface area contributed by atoms with Crippen LogP contribution in [-0.4, -0.2) is 32.9 Å². The van der Waals surface area contributed by atoms with Crippen molar-refractivity contribution < 1.29 is 13.2 Å². The first-order chi connectivity index (χ1) is 8.29. The van der Waals surface area contributed by atoms with Gasteiger partial charge in [0, 0.05) is 0 Å². The molecule has 18 heavy (non-hydrogen) atoms. The second-order valence-electron chi connectivity index (χ2n) is 4.73. The summed E-state index contributed by atoms with van der Waals surface area (Å²) in [5.41, 5.74) is 0. The van der Waals surface area contributed by atoms with Crippen molar-refractivity contribution in [3.8, 4) is 0 Å². The van der Waals surface area contributed by atoms with Crippen LogP contribution in [-0.2, 0) is 6.54 Å². The number of nitrogens with zero attached hydrogens (tertiary/aromatic N) is 4. The van der Waals surface area contributed by atoms with Gasteiger partial charge in [-0.2, -0.15) is 13.2 Å². The number of hydrogen-bond acceptors (Lipinski definition) is 4. The fourth-order valence-corrected chi connectivity index (χ4v) is 1.57. The number of hydrogen-bond donors (Lipinski definition) is 1. The summed E-state index contributed by atoms with van der Waals surface area (Å²) in [5, 5.41) is 13.9. The van der Waals surface area contributed by atoms with E-state index in [1.165, 1.54) is 11.6 Å². The second kappa shape index (κ2) is 6.12. The maximum absolute atomic E-state index is 12.3. The zero-order valence-corrected chi connectivity index (χ0v) is 10.7. The van der Waals surface area contributed by atoms with Crippen molar-refractivity contribution in [1.82, 2.24) is 25.5 Å².